The van der Waals surface area contributed by atoms with Crippen molar-refractivity contribution >= 4 is 38.8 Å². The van der Waals surface area contributed by atoms with Crippen molar-refractivity contribution in [1.29, 1.82) is 0 Å². The van der Waals surface area contributed by atoms with Crippen molar-refractivity contribution in [1.82, 2.24) is 24.8 Å². The summed E-state index contributed by atoms with van der Waals surface area (Å²) in [5, 5.41) is 5.88. The highest BCUT2D eigenvalue weighted by Crippen LogP contribution is 2.30. The maximum Gasteiger partial charge on any atom is 0.232 e. The summed E-state index contributed by atoms with van der Waals surface area (Å²) in [6, 6.07) is 13.9. The zero-order chi connectivity index (χ0) is 28.3. The highest BCUT2D eigenvalue weighted by atomic mass is 32.2. The second kappa shape index (κ2) is 12.1. The Morgan fingerprint density at radius 2 is 1.52 bits per heavy atom. The van der Waals surface area contributed by atoms with Crippen LogP contribution in [0.15, 0.2) is 53.7 Å². The molecule has 11 heteroatoms. The van der Waals surface area contributed by atoms with Crippen LogP contribution >= 0.6 is 0 Å². The number of para-hydroxylation sites is 1. The second-order valence-corrected chi connectivity index (χ2v) is 13.5. The van der Waals surface area contributed by atoms with Crippen molar-refractivity contribution < 1.29 is 8.42 Å². The van der Waals surface area contributed by atoms with E-state index in [1.165, 1.54) is 37.9 Å². The number of rotatable bonds is 8. The molecule has 0 amide bonds. The molecule has 0 unspecified atom stereocenters. The number of benzene rings is 2. The number of nitrogens with zero attached hydrogens (tertiary/aromatic N) is 6. The smallest absolute Gasteiger partial charge is 0.232 e. The first-order valence-corrected chi connectivity index (χ1v) is 15.6. The molecule has 2 saturated heterocycles. The molecule has 2 N–H and O–H groups in total. The Morgan fingerprint density at radius 1 is 0.875 bits per heavy atom. The number of anilines is 5. The standard InChI is InChI=1S/C29H40N8O2S/c1-21(2)40(38,39)27-8-6-5-7-25(27)32-28-30-20-31-29(34-28)33-26-19-24(10-9-22(26)3)36-13-11-23(12-14-36)37-17-15-35(4)16-18-37/h5-10,19-21,23H,11-18H2,1-4H3,(H2,30,31,32,33,34). The number of piperazine rings is 1. The monoisotopic (exact) mass is 564 g/mol. The Balaban J connectivity index is 1.27. The molecule has 1 aromatic heterocycles. The molecule has 2 fully saturated rings. The lowest BCUT2D eigenvalue weighted by atomic mass is 10.0. The van der Waals surface area contributed by atoms with E-state index in [0.29, 0.717) is 17.7 Å². The number of aryl methyl sites for hydroxylation is 1. The van der Waals surface area contributed by atoms with E-state index < -0.39 is 15.1 Å². The van der Waals surface area contributed by atoms with E-state index in [-0.39, 0.29) is 10.8 Å². The Labute approximate surface area is 237 Å². The fourth-order valence-electron chi connectivity index (χ4n) is 5.35. The highest BCUT2D eigenvalue weighted by Gasteiger charge is 2.27. The van der Waals surface area contributed by atoms with Gasteiger partial charge in [-0.1, -0.05) is 18.2 Å². The van der Waals surface area contributed by atoms with Gasteiger partial charge in [0, 0.05) is 56.7 Å². The van der Waals surface area contributed by atoms with Gasteiger partial charge in [0.25, 0.3) is 0 Å². The molecule has 0 bridgehead atoms. The molecule has 40 heavy (non-hydrogen) atoms. The van der Waals surface area contributed by atoms with Crippen molar-refractivity contribution in [3.05, 3.63) is 54.4 Å². The summed E-state index contributed by atoms with van der Waals surface area (Å²) in [5.41, 5.74) is 3.63. The van der Waals surface area contributed by atoms with Crippen LogP contribution in [0.25, 0.3) is 0 Å². The van der Waals surface area contributed by atoms with Gasteiger partial charge in [-0.25, -0.2) is 18.4 Å². The average molecular weight is 565 g/mol. The van der Waals surface area contributed by atoms with Crippen LogP contribution in [-0.2, 0) is 9.84 Å². The first kappa shape index (κ1) is 28.3. The number of likely N-dealkylation sites (N-methyl/N-ethyl adjacent to an activating group) is 1. The molecule has 0 radical (unpaired) electrons. The molecule has 3 aromatic rings. The van der Waals surface area contributed by atoms with Crippen LogP contribution in [0.2, 0.25) is 0 Å². The summed E-state index contributed by atoms with van der Waals surface area (Å²) in [4.78, 5) is 20.8. The predicted octanol–water partition coefficient (Wildman–Crippen LogP) is 4.07. The molecule has 10 nitrogen and oxygen atoms in total. The summed E-state index contributed by atoms with van der Waals surface area (Å²) in [6.45, 7) is 12.1. The van der Waals surface area contributed by atoms with Crippen molar-refractivity contribution in [2.75, 3.05) is 61.8 Å². The van der Waals surface area contributed by atoms with E-state index in [1.54, 1.807) is 38.1 Å². The molecule has 3 heterocycles. The van der Waals surface area contributed by atoms with Gasteiger partial charge >= 0.3 is 0 Å². The van der Waals surface area contributed by atoms with Gasteiger partial charge in [-0.05, 0) is 70.5 Å². The van der Waals surface area contributed by atoms with Crippen molar-refractivity contribution in [3.8, 4) is 0 Å². The lowest BCUT2D eigenvalue weighted by Crippen LogP contribution is -2.52. The molecule has 2 aromatic carbocycles. The van der Waals surface area contributed by atoms with Gasteiger partial charge in [-0.3, -0.25) is 4.90 Å². The zero-order valence-corrected chi connectivity index (χ0v) is 24.7. The Hall–Kier alpha value is -3.28. The second-order valence-electron chi connectivity index (χ2n) is 11.0. The Bertz CT molecular complexity index is 1420. The first-order valence-electron chi connectivity index (χ1n) is 14.0. The van der Waals surface area contributed by atoms with Crippen LogP contribution in [0, 0.1) is 6.92 Å². The predicted molar refractivity (Wildman–Crippen MR) is 161 cm³/mol. The highest BCUT2D eigenvalue weighted by molar-refractivity contribution is 7.92. The van der Waals surface area contributed by atoms with Crippen molar-refractivity contribution in [3.63, 3.8) is 0 Å². The van der Waals surface area contributed by atoms with Crippen LogP contribution in [0.3, 0.4) is 0 Å². The van der Waals surface area contributed by atoms with E-state index >= 15 is 0 Å². The molecule has 0 saturated carbocycles. The van der Waals surface area contributed by atoms with E-state index in [0.717, 1.165) is 37.4 Å². The summed E-state index contributed by atoms with van der Waals surface area (Å²) in [7, 11) is -1.27. The van der Waals surface area contributed by atoms with E-state index in [2.05, 4.69) is 72.5 Å². The fourth-order valence-corrected chi connectivity index (χ4v) is 6.55. The molecule has 5 rings (SSSR count). The summed E-state index contributed by atoms with van der Waals surface area (Å²) >= 11 is 0. The number of hydrogen-bond donors (Lipinski definition) is 2. The summed E-state index contributed by atoms with van der Waals surface area (Å²) < 4.78 is 25.7. The third-order valence-electron chi connectivity index (χ3n) is 7.98. The van der Waals surface area contributed by atoms with E-state index in [9.17, 15) is 8.42 Å². The van der Waals surface area contributed by atoms with E-state index in [1.807, 2.05) is 0 Å². The largest absolute Gasteiger partial charge is 0.371 e. The molecular weight excluding hydrogens is 524 g/mol. The van der Waals surface area contributed by atoms with Crippen LogP contribution in [-0.4, -0.2) is 90.8 Å². The SMILES string of the molecule is Cc1ccc(N2CCC(N3CCN(C)CC3)CC2)cc1Nc1ncnc(Nc2ccccc2S(=O)(=O)C(C)C)n1. The average Bonchev–Trinajstić information content (AvgIpc) is 2.95. The van der Waals surface area contributed by atoms with Crippen LogP contribution in [0.5, 0.6) is 0 Å². The van der Waals surface area contributed by atoms with Gasteiger partial charge in [0.2, 0.25) is 11.9 Å². The molecule has 2 aliphatic rings. The molecule has 2 aliphatic heterocycles. The molecule has 214 valence electrons. The van der Waals surface area contributed by atoms with Gasteiger partial charge in [0.1, 0.15) is 6.33 Å². The normalized spacial score (nSPS) is 17.8. The van der Waals surface area contributed by atoms with Crippen LogP contribution in [0.4, 0.5) is 29.0 Å². The van der Waals surface area contributed by atoms with Gasteiger partial charge < -0.3 is 20.4 Å². The Kier molecular flexibility index (Phi) is 8.53. The first-order chi connectivity index (χ1) is 19.2. The molecule has 0 spiro atoms. The number of aromatic nitrogens is 3. The van der Waals surface area contributed by atoms with Gasteiger partial charge in [0.15, 0.2) is 9.84 Å². The van der Waals surface area contributed by atoms with Crippen LogP contribution in [0.1, 0.15) is 32.3 Å². The molecule has 0 atom stereocenters. The number of nitrogens with one attached hydrogen (secondary N) is 2. The molecular formula is C29H40N8O2S. The Morgan fingerprint density at radius 3 is 2.20 bits per heavy atom. The fraction of sp³-hybridized carbons (Fsp3) is 0.483. The number of sulfone groups is 1. The third-order valence-corrected chi connectivity index (χ3v) is 10.2. The number of hydrogen-bond acceptors (Lipinski definition) is 10. The zero-order valence-electron chi connectivity index (χ0n) is 23.8. The summed E-state index contributed by atoms with van der Waals surface area (Å²) in [5.74, 6) is 0.652. The maximum atomic E-state index is 12.8. The van der Waals surface area contributed by atoms with Crippen molar-refractivity contribution in [2.45, 2.75) is 49.8 Å². The maximum absolute atomic E-state index is 12.8. The third kappa shape index (κ3) is 6.37. The van der Waals surface area contributed by atoms with Crippen LogP contribution < -0.4 is 15.5 Å². The summed E-state index contributed by atoms with van der Waals surface area (Å²) in [6.07, 6.45) is 3.77. The minimum atomic E-state index is -3.48. The minimum absolute atomic E-state index is 0.222. The van der Waals surface area contributed by atoms with E-state index in [4.69, 9.17) is 0 Å². The lowest BCUT2D eigenvalue weighted by molar-refractivity contribution is 0.0982. The van der Waals surface area contributed by atoms with Gasteiger partial charge in [-0.2, -0.15) is 4.98 Å². The number of piperidine rings is 1. The quantitative estimate of drug-likeness (QED) is 0.416. The van der Waals surface area contributed by atoms with Gasteiger partial charge in [-0.15, -0.1) is 0 Å². The lowest BCUT2D eigenvalue weighted by Gasteiger charge is -2.42. The van der Waals surface area contributed by atoms with Gasteiger partial charge in [0.05, 0.1) is 15.8 Å². The van der Waals surface area contributed by atoms with Crippen molar-refractivity contribution in [2.24, 2.45) is 0 Å². The topological polar surface area (TPSA) is 107 Å². The molecule has 0 aliphatic carbocycles. The minimum Gasteiger partial charge on any atom is -0.371 e.